The molecule has 0 amide bonds. The summed E-state index contributed by atoms with van der Waals surface area (Å²) < 4.78 is 0.989. The number of hydrogen-bond donors (Lipinski definition) is 1. The van der Waals surface area contributed by atoms with Crippen LogP contribution in [0.3, 0.4) is 0 Å². The molecule has 0 saturated heterocycles. The summed E-state index contributed by atoms with van der Waals surface area (Å²) in [7, 11) is 0. The van der Waals surface area contributed by atoms with Gasteiger partial charge < -0.3 is 5.11 Å². The van der Waals surface area contributed by atoms with Crippen molar-refractivity contribution >= 4 is 38.6 Å². The molecule has 2 heterocycles. The van der Waals surface area contributed by atoms with Crippen LogP contribution in [0.4, 0.5) is 0 Å². The molecule has 2 aromatic heterocycles. The van der Waals surface area contributed by atoms with E-state index in [1.807, 2.05) is 29.1 Å². The monoisotopic (exact) mass is 288 g/mol. The fourth-order valence-corrected chi connectivity index (χ4v) is 3.75. The van der Waals surface area contributed by atoms with E-state index >= 15 is 0 Å². The quantitative estimate of drug-likeness (QED) is 0.887. The van der Waals surface area contributed by atoms with E-state index in [0.29, 0.717) is 0 Å². The molecule has 0 spiro atoms. The van der Waals surface area contributed by atoms with Gasteiger partial charge in [-0.15, -0.1) is 11.3 Å². The molecule has 14 heavy (non-hydrogen) atoms. The fraction of sp³-hybridized carbons (Fsp3) is 0.200. The molecule has 0 aliphatic heterocycles. The highest BCUT2D eigenvalue weighted by Gasteiger charge is 2.17. The third-order valence-corrected chi connectivity index (χ3v) is 4.91. The molecule has 1 unspecified atom stereocenters. The number of thiophene rings is 2. The Kier molecular flexibility index (Phi) is 3.07. The van der Waals surface area contributed by atoms with Gasteiger partial charge in [0.1, 0.15) is 6.10 Å². The lowest BCUT2D eigenvalue weighted by Gasteiger charge is -2.08. The SMILES string of the molecule is Cc1ccsc1C(O)c1cscc1Br. The van der Waals surface area contributed by atoms with Crippen LogP contribution in [-0.2, 0) is 0 Å². The minimum atomic E-state index is -0.490. The lowest BCUT2D eigenvalue weighted by Crippen LogP contribution is -1.97. The van der Waals surface area contributed by atoms with Crippen LogP contribution in [0.25, 0.3) is 0 Å². The molecule has 0 bridgehead atoms. The van der Waals surface area contributed by atoms with Crippen LogP contribution in [0.1, 0.15) is 22.1 Å². The van der Waals surface area contributed by atoms with Crippen molar-refractivity contribution in [3.63, 3.8) is 0 Å². The highest BCUT2D eigenvalue weighted by molar-refractivity contribution is 9.10. The topological polar surface area (TPSA) is 20.2 Å². The summed E-state index contributed by atoms with van der Waals surface area (Å²) in [5.41, 5.74) is 2.11. The van der Waals surface area contributed by atoms with Crippen molar-refractivity contribution in [2.24, 2.45) is 0 Å². The zero-order valence-electron chi connectivity index (χ0n) is 7.53. The van der Waals surface area contributed by atoms with Crippen LogP contribution in [-0.4, -0.2) is 5.11 Å². The predicted octanol–water partition coefficient (Wildman–Crippen LogP) is 3.96. The van der Waals surface area contributed by atoms with E-state index in [-0.39, 0.29) is 0 Å². The Hall–Kier alpha value is -0.160. The summed E-state index contributed by atoms with van der Waals surface area (Å²) in [5.74, 6) is 0. The van der Waals surface area contributed by atoms with E-state index in [9.17, 15) is 5.11 Å². The average molecular weight is 289 g/mol. The Bertz CT molecular complexity index is 393. The van der Waals surface area contributed by atoms with E-state index in [1.165, 1.54) is 0 Å². The molecule has 0 aliphatic carbocycles. The maximum atomic E-state index is 10.1. The average Bonchev–Trinajstić information content (AvgIpc) is 2.73. The molecule has 0 saturated carbocycles. The molecular weight excluding hydrogens is 280 g/mol. The summed E-state index contributed by atoms with van der Waals surface area (Å²) in [5, 5.41) is 16.1. The van der Waals surface area contributed by atoms with Gasteiger partial charge in [-0.1, -0.05) is 0 Å². The maximum absolute atomic E-state index is 10.1. The second-order valence-electron chi connectivity index (χ2n) is 3.05. The van der Waals surface area contributed by atoms with E-state index in [0.717, 1.165) is 20.5 Å². The molecular formula is C10H9BrOS2. The molecule has 1 nitrogen and oxygen atoms in total. The summed E-state index contributed by atoms with van der Waals surface area (Å²) in [6, 6.07) is 2.03. The number of hydrogen-bond acceptors (Lipinski definition) is 3. The second kappa shape index (κ2) is 4.14. The van der Waals surface area contributed by atoms with Gasteiger partial charge in [-0.2, -0.15) is 11.3 Å². The van der Waals surface area contributed by atoms with Gasteiger partial charge in [0.05, 0.1) is 0 Å². The van der Waals surface area contributed by atoms with E-state index in [1.54, 1.807) is 22.7 Å². The molecule has 2 aromatic rings. The van der Waals surface area contributed by atoms with Crippen LogP contribution in [0, 0.1) is 6.92 Å². The van der Waals surface area contributed by atoms with Crippen molar-refractivity contribution in [3.05, 3.63) is 42.7 Å². The van der Waals surface area contributed by atoms with Crippen LogP contribution in [0.2, 0.25) is 0 Å². The van der Waals surface area contributed by atoms with Crippen molar-refractivity contribution in [1.29, 1.82) is 0 Å². The van der Waals surface area contributed by atoms with Crippen LogP contribution < -0.4 is 0 Å². The molecule has 0 fully saturated rings. The van der Waals surface area contributed by atoms with E-state index < -0.39 is 6.10 Å². The van der Waals surface area contributed by atoms with Crippen molar-refractivity contribution < 1.29 is 5.11 Å². The molecule has 1 N–H and O–H groups in total. The van der Waals surface area contributed by atoms with Gasteiger partial charge in [0.2, 0.25) is 0 Å². The lowest BCUT2D eigenvalue weighted by atomic mass is 10.1. The van der Waals surface area contributed by atoms with E-state index in [4.69, 9.17) is 0 Å². The van der Waals surface area contributed by atoms with Crippen molar-refractivity contribution in [3.8, 4) is 0 Å². The molecule has 74 valence electrons. The Morgan fingerprint density at radius 3 is 2.71 bits per heavy atom. The van der Waals surface area contributed by atoms with Crippen LogP contribution in [0.5, 0.6) is 0 Å². The Labute approximate surface area is 99.2 Å². The van der Waals surface area contributed by atoms with Gasteiger partial charge in [-0.3, -0.25) is 0 Å². The third kappa shape index (κ3) is 1.80. The Morgan fingerprint density at radius 2 is 2.21 bits per heavy atom. The van der Waals surface area contributed by atoms with Gasteiger partial charge in [-0.05, 0) is 45.2 Å². The minimum Gasteiger partial charge on any atom is -0.383 e. The number of rotatable bonds is 2. The van der Waals surface area contributed by atoms with Gasteiger partial charge >= 0.3 is 0 Å². The number of aliphatic hydroxyl groups is 1. The normalized spacial score (nSPS) is 13.1. The fourth-order valence-electron chi connectivity index (χ4n) is 1.29. The van der Waals surface area contributed by atoms with E-state index in [2.05, 4.69) is 15.9 Å². The minimum absolute atomic E-state index is 0.490. The van der Waals surface area contributed by atoms with Gasteiger partial charge in [0.25, 0.3) is 0 Å². The zero-order chi connectivity index (χ0) is 10.1. The first-order valence-electron chi connectivity index (χ1n) is 4.14. The van der Waals surface area contributed by atoms with Gasteiger partial charge in [0, 0.05) is 20.3 Å². The maximum Gasteiger partial charge on any atom is 0.115 e. The molecule has 1 atom stereocenters. The van der Waals surface area contributed by atoms with Gasteiger partial charge in [0.15, 0.2) is 0 Å². The molecule has 0 aliphatic rings. The molecule has 4 heteroatoms. The van der Waals surface area contributed by atoms with Crippen molar-refractivity contribution in [2.75, 3.05) is 0 Å². The van der Waals surface area contributed by atoms with Crippen LogP contribution >= 0.6 is 38.6 Å². The largest absolute Gasteiger partial charge is 0.383 e. The number of halogens is 1. The standard InChI is InChI=1S/C10H9BrOS2/c1-6-2-3-14-10(6)9(12)7-4-13-5-8(7)11/h2-5,9,12H,1H3. The zero-order valence-corrected chi connectivity index (χ0v) is 10.7. The van der Waals surface area contributed by atoms with Crippen LogP contribution in [0.15, 0.2) is 26.7 Å². The highest BCUT2D eigenvalue weighted by atomic mass is 79.9. The molecule has 2 rings (SSSR count). The third-order valence-electron chi connectivity index (χ3n) is 2.09. The number of aliphatic hydroxyl groups excluding tert-OH is 1. The summed E-state index contributed by atoms with van der Waals surface area (Å²) in [6.45, 7) is 2.02. The molecule has 0 aromatic carbocycles. The first-order valence-corrected chi connectivity index (χ1v) is 6.75. The Morgan fingerprint density at radius 1 is 1.43 bits per heavy atom. The van der Waals surface area contributed by atoms with Crippen molar-refractivity contribution in [1.82, 2.24) is 0 Å². The Balaban J connectivity index is 2.38. The second-order valence-corrected chi connectivity index (χ2v) is 5.59. The first-order chi connectivity index (χ1) is 6.70. The van der Waals surface area contributed by atoms with Crippen molar-refractivity contribution in [2.45, 2.75) is 13.0 Å². The highest BCUT2D eigenvalue weighted by Crippen LogP contribution is 2.34. The smallest absolute Gasteiger partial charge is 0.115 e. The molecule has 0 radical (unpaired) electrons. The summed E-state index contributed by atoms with van der Waals surface area (Å²) in [4.78, 5) is 1.03. The predicted molar refractivity (Wildman–Crippen MR) is 65.1 cm³/mol. The lowest BCUT2D eigenvalue weighted by molar-refractivity contribution is 0.223. The summed E-state index contributed by atoms with van der Waals surface area (Å²) >= 11 is 6.63. The summed E-state index contributed by atoms with van der Waals surface area (Å²) in [6.07, 6.45) is -0.490. The number of aryl methyl sites for hydroxylation is 1. The first kappa shape index (κ1) is 10.4. The van der Waals surface area contributed by atoms with Gasteiger partial charge in [-0.25, -0.2) is 0 Å².